The number of aliphatic hydroxyl groups is 2. The van der Waals surface area contributed by atoms with Crippen LogP contribution in [0.15, 0.2) is 0 Å². The lowest BCUT2D eigenvalue weighted by molar-refractivity contribution is -0.0175. The van der Waals surface area contributed by atoms with Gasteiger partial charge in [-0.1, -0.05) is 19.3 Å². The summed E-state index contributed by atoms with van der Waals surface area (Å²) in [6.07, 6.45) is 4.86. The second-order valence-electron chi connectivity index (χ2n) is 3.63. The van der Waals surface area contributed by atoms with Crippen LogP contribution in [-0.2, 0) is 0 Å². The van der Waals surface area contributed by atoms with Gasteiger partial charge in [0.05, 0.1) is 12.2 Å². The van der Waals surface area contributed by atoms with Crippen molar-refractivity contribution in [2.24, 2.45) is 5.92 Å². The van der Waals surface area contributed by atoms with Gasteiger partial charge in [-0.2, -0.15) is 0 Å². The van der Waals surface area contributed by atoms with E-state index in [9.17, 15) is 5.11 Å². The van der Waals surface area contributed by atoms with Crippen LogP contribution in [0.5, 0.6) is 0 Å². The summed E-state index contributed by atoms with van der Waals surface area (Å²) in [4.78, 5) is 0. The SMILES string of the molecule is CC(O)C(O)C1CCCCC1. The summed E-state index contributed by atoms with van der Waals surface area (Å²) in [7, 11) is 0. The minimum Gasteiger partial charge on any atom is -0.391 e. The van der Waals surface area contributed by atoms with Gasteiger partial charge in [-0.05, 0) is 25.7 Å². The Balaban J connectivity index is 2.32. The van der Waals surface area contributed by atoms with Crippen molar-refractivity contribution in [2.75, 3.05) is 0 Å². The first-order chi connectivity index (χ1) is 5.22. The van der Waals surface area contributed by atoms with Gasteiger partial charge in [-0.15, -0.1) is 0 Å². The molecule has 0 bridgehead atoms. The minimum atomic E-state index is -0.557. The maximum Gasteiger partial charge on any atom is 0.0824 e. The summed E-state index contributed by atoms with van der Waals surface area (Å²) in [5, 5.41) is 18.6. The number of rotatable bonds is 2. The van der Waals surface area contributed by atoms with Gasteiger partial charge in [0.2, 0.25) is 0 Å². The number of hydrogen-bond acceptors (Lipinski definition) is 2. The molecule has 2 heteroatoms. The number of aliphatic hydroxyl groups excluding tert-OH is 2. The predicted octanol–water partition coefficient (Wildman–Crippen LogP) is 1.31. The van der Waals surface area contributed by atoms with E-state index in [1.165, 1.54) is 19.3 Å². The third-order valence-corrected chi connectivity index (χ3v) is 2.63. The highest BCUT2D eigenvalue weighted by molar-refractivity contribution is 4.76. The fourth-order valence-electron chi connectivity index (χ4n) is 1.87. The van der Waals surface area contributed by atoms with Crippen LogP contribution in [0.25, 0.3) is 0 Å². The molecule has 0 aromatic heterocycles. The Morgan fingerprint density at radius 2 is 1.64 bits per heavy atom. The molecule has 1 aliphatic rings. The summed E-state index contributed by atoms with van der Waals surface area (Å²) >= 11 is 0. The van der Waals surface area contributed by atoms with Crippen molar-refractivity contribution in [3.8, 4) is 0 Å². The van der Waals surface area contributed by atoms with Crippen LogP contribution in [0.2, 0.25) is 0 Å². The Labute approximate surface area is 68.2 Å². The van der Waals surface area contributed by atoms with E-state index in [1.807, 2.05) is 0 Å². The lowest BCUT2D eigenvalue weighted by atomic mass is 9.84. The van der Waals surface area contributed by atoms with Gasteiger partial charge in [0, 0.05) is 0 Å². The van der Waals surface area contributed by atoms with Crippen molar-refractivity contribution >= 4 is 0 Å². The third-order valence-electron chi connectivity index (χ3n) is 2.63. The van der Waals surface area contributed by atoms with E-state index in [0.717, 1.165) is 12.8 Å². The van der Waals surface area contributed by atoms with Crippen LogP contribution in [0.3, 0.4) is 0 Å². The van der Waals surface area contributed by atoms with E-state index in [1.54, 1.807) is 6.92 Å². The molecule has 66 valence electrons. The van der Waals surface area contributed by atoms with Crippen LogP contribution >= 0.6 is 0 Å². The molecule has 0 heterocycles. The molecule has 1 fully saturated rings. The Hall–Kier alpha value is -0.0800. The van der Waals surface area contributed by atoms with Crippen molar-refractivity contribution < 1.29 is 10.2 Å². The molecule has 0 aliphatic heterocycles. The van der Waals surface area contributed by atoms with Crippen LogP contribution in [0.1, 0.15) is 39.0 Å². The van der Waals surface area contributed by atoms with E-state index in [4.69, 9.17) is 5.11 Å². The summed E-state index contributed by atoms with van der Waals surface area (Å²) in [6.45, 7) is 1.67. The smallest absolute Gasteiger partial charge is 0.0824 e. The molecular weight excluding hydrogens is 140 g/mol. The van der Waals surface area contributed by atoms with Gasteiger partial charge < -0.3 is 10.2 Å². The first kappa shape index (κ1) is 9.01. The van der Waals surface area contributed by atoms with Gasteiger partial charge in [-0.3, -0.25) is 0 Å². The van der Waals surface area contributed by atoms with E-state index < -0.39 is 12.2 Å². The molecule has 2 N–H and O–H groups in total. The first-order valence-electron chi connectivity index (χ1n) is 4.58. The van der Waals surface area contributed by atoms with E-state index in [2.05, 4.69) is 0 Å². The van der Waals surface area contributed by atoms with Crippen LogP contribution in [-0.4, -0.2) is 22.4 Å². The fourth-order valence-corrected chi connectivity index (χ4v) is 1.87. The highest BCUT2D eigenvalue weighted by Crippen LogP contribution is 2.27. The van der Waals surface area contributed by atoms with Gasteiger partial charge in [-0.25, -0.2) is 0 Å². The zero-order chi connectivity index (χ0) is 8.27. The average molecular weight is 158 g/mol. The van der Waals surface area contributed by atoms with E-state index >= 15 is 0 Å². The monoisotopic (exact) mass is 158 g/mol. The zero-order valence-electron chi connectivity index (χ0n) is 7.16. The Kier molecular flexibility index (Phi) is 3.34. The van der Waals surface area contributed by atoms with E-state index in [0.29, 0.717) is 5.92 Å². The summed E-state index contributed by atoms with van der Waals surface area (Å²) < 4.78 is 0. The standard InChI is InChI=1S/C9H18O2/c1-7(10)9(11)8-5-3-2-4-6-8/h7-11H,2-6H2,1H3. The summed E-state index contributed by atoms with van der Waals surface area (Å²) in [5.41, 5.74) is 0. The minimum absolute atomic E-state index is 0.351. The highest BCUT2D eigenvalue weighted by Gasteiger charge is 2.24. The molecule has 0 aromatic rings. The van der Waals surface area contributed by atoms with Crippen molar-refractivity contribution in [1.29, 1.82) is 0 Å². The van der Waals surface area contributed by atoms with Crippen molar-refractivity contribution in [3.63, 3.8) is 0 Å². The largest absolute Gasteiger partial charge is 0.391 e. The second-order valence-corrected chi connectivity index (χ2v) is 3.63. The quantitative estimate of drug-likeness (QED) is 0.636. The molecule has 0 saturated heterocycles. The molecule has 0 aromatic carbocycles. The third kappa shape index (κ3) is 2.46. The zero-order valence-corrected chi connectivity index (χ0v) is 7.16. The van der Waals surface area contributed by atoms with E-state index in [-0.39, 0.29) is 0 Å². The molecule has 1 aliphatic carbocycles. The maximum atomic E-state index is 9.50. The van der Waals surface area contributed by atoms with Crippen molar-refractivity contribution in [3.05, 3.63) is 0 Å². The molecule has 2 unspecified atom stereocenters. The number of hydrogen-bond donors (Lipinski definition) is 2. The van der Waals surface area contributed by atoms with Crippen LogP contribution in [0.4, 0.5) is 0 Å². The lowest BCUT2D eigenvalue weighted by Gasteiger charge is -2.28. The van der Waals surface area contributed by atoms with Gasteiger partial charge >= 0.3 is 0 Å². The molecule has 1 saturated carbocycles. The molecule has 0 radical (unpaired) electrons. The normalized spacial score (nSPS) is 26.5. The Morgan fingerprint density at radius 3 is 2.09 bits per heavy atom. The van der Waals surface area contributed by atoms with Gasteiger partial charge in [0.1, 0.15) is 0 Å². The second kappa shape index (κ2) is 4.07. The maximum absolute atomic E-state index is 9.50. The summed E-state index contributed by atoms with van der Waals surface area (Å²) in [6, 6.07) is 0. The van der Waals surface area contributed by atoms with Crippen molar-refractivity contribution in [2.45, 2.75) is 51.2 Å². The molecule has 2 atom stereocenters. The highest BCUT2D eigenvalue weighted by atomic mass is 16.3. The molecule has 1 rings (SSSR count). The molecule has 0 amide bonds. The molecule has 0 spiro atoms. The van der Waals surface area contributed by atoms with Crippen molar-refractivity contribution in [1.82, 2.24) is 0 Å². The van der Waals surface area contributed by atoms with Gasteiger partial charge in [0.25, 0.3) is 0 Å². The molecule has 2 nitrogen and oxygen atoms in total. The molecular formula is C9H18O2. The predicted molar refractivity (Wildman–Crippen MR) is 44.3 cm³/mol. The first-order valence-corrected chi connectivity index (χ1v) is 4.58. The topological polar surface area (TPSA) is 40.5 Å². The fraction of sp³-hybridized carbons (Fsp3) is 1.00. The van der Waals surface area contributed by atoms with Gasteiger partial charge in [0.15, 0.2) is 0 Å². The van der Waals surface area contributed by atoms with Crippen LogP contribution < -0.4 is 0 Å². The average Bonchev–Trinajstić information content (AvgIpc) is 2.05. The summed E-state index contributed by atoms with van der Waals surface area (Å²) in [5.74, 6) is 0.351. The Bertz CT molecular complexity index is 106. The Morgan fingerprint density at radius 1 is 1.09 bits per heavy atom. The lowest BCUT2D eigenvalue weighted by Crippen LogP contribution is -2.32. The molecule has 11 heavy (non-hydrogen) atoms. The van der Waals surface area contributed by atoms with Crippen LogP contribution in [0, 0.1) is 5.92 Å².